The largest absolute Gasteiger partial charge is 0.497 e. The number of carbonyl (C=O) groups excluding carboxylic acids is 1. The van der Waals surface area contributed by atoms with Crippen LogP contribution in [-0.2, 0) is 0 Å². The highest BCUT2D eigenvalue weighted by molar-refractivity contribution is 5.94. The summed E-state index contributed by atoms with van der Waals surface area (Å²) in [5, 5.41) is 3.04. The molecule has 2 rings (SSSR count). The molecule has 1 amide bonds. The lowest BCUT2D eigenvalue weighted by Crippen LogP contribution is -2.42. The first kappa shape index (κ1) is 14.9. The van der Waals surface area contributed by atoms with Crippen LogP contribution < -0.4 is 10.1 Å². The van der Waals surface area contributed by atoms with E-state index < -0.39 is 0 Å². The van der Waals surface area contributed by atoms with Gasteiger partial charge in [-0.1, -0.05) is 13.0 Å². The highest BCUT2D eigenvalue weighted by atomic mass is 16.5. The summed E-state index contributed by atoms with van der Waals surface area (Å²) < 4.78 is 5.14. The summed E-state index contributed by atoms with van der Waals surface area (Å²) in [7, 11) is 1.61. The van der Waals surface area contributed by atoms with E-state index in [1.165, 1.54) is 12.8 Å². The van der Waals surface area contributed by atoms with Gasteiger partial charge < -0.3 is 10.1 Å². The smallest absolute Gasteiger partial charge is 0.251 e. The zero-order valence-corrected chi connectivity index (χ0v) is 12.4. The number of nitrogens with one attached hydrogen (secondary N) is 1. The van der Waals surface area contributed by atoms with Crippen molar-refractivity contribution in [2.24, 2.45) is 0 Å². The summed E-state index contributed by atoms with van der Waals surface area (Å²) in [5.41, 5.74) is 0.653. The number of likely N-dealkylation sites (tertiary alicyclic amines) is 1. The van der Waals surface area contributed by atoms with E-state index in [1.54, 1.807) is 13.2 Å². The zero-order valence-electron chi connectivity index (χ0n) is 12.4. The minimum Gasteiger partial charge on any atom is -0.497 e. The van der Waals surface area contributed by atoms with E-state index >= 15 is 0 Å². The van der Waals surface area contributed by atoms with E-state index in [4.69, 9.17) is 4.74 Å². The SMILES string of the molecule is CC[C@H](CNC(=O)c1cccc(OC)c1)N1CCCC1. The molecular formula is C16H24N2O2. The molecule has 1 heterocycles. The Morgan fingerprint density at radius 3 is 2.80 bits per heavy atom. The summed E-state index contributed by atoms with van der Waals surface area (Å²) in [6.07, 6.45) is 3.62. The molecule has 0 saturated carbocycles. The molecule has 20 heavy (non-hydrogen) atoms. The Morgan fingerprint density at radius 1 is 1.40 bits per heavy atom. The number of hydrogen-bond acceptors (Lipinski definition) is 3. The molecule has 1 aromatic rings. The summed E-state index contributed by atoms with van der Waals surface area (Å²) in [4.78, 5) is 14.6. The molecule has 1 atom stereocenters. The molecule has 0 unspecified atom stereocenters. The van der Waals surface area contributed by atoms with E-state index in [-0.39, 0.29) is 5.91 Å². The van der Waals surface area contributed by atoms with E-state index in [1.807, 2.05) is 18.2 Å². The first-order chi connectivity index (χ1) is 9.74. The van der Waals surface area contributed by atoms with Crippen LogP contribution in [0.1, 0.15) is 36.5 Å². The Labute approximate surface area is 121 Å². The lowest BCUT2D eigenvalue weighted by Gasteiger charge is -2.26. The summed E-state index contributed by atoms with van der Waals surface area (Å²) >= 11 is 0. The fourth-order valence-electron chi connectivity index (χ4n) is 2.72. The Kier molecular flexibility index (Phi) is 5.41. The maximum absolute atomic E-state index is 12.2. The van der Waals surface area contributed by atoms with Crippen molar-refractivity contribution >= 4 is 5.91 Å². The molecule has 4 heteroatoms. The van der Waals surface area contributed by atoms with Crippen molar-refractivity contribution in [2.75, 3.05) is 26.7 Å². The van der Waals surface area contributed by atoms with Crippen LogP contribution in [0.5, 0.6) is 5.75 Å². The molecule has 1 fully saturated rings. The fraction of sp³-hybridized carbons (Fsp3) is 0.562. The minimum atomic E-state index is -0.0263. The Balaban J connectivity index is 1.89. The second kappa shape index (κ2) is 7.29. The number of amides is 1. The molecule has 4 nitrogen and oxygen atoms in total. The quantitative estimate of drug-likeness (QED) is 0.867. The molecule has 1 aliphatic rings. The normalized spacial score (nSPS) is 16.9. The van der Waals surface area contributed by atoms with Gasteiger partial charge in [0.05, 0.1) is 7.11 Å². The maximum atomic E-state index is 12.2. The van der Waals surface area contributed by atoms with E-state index in [0.717, 1.165) is 19.5 Å². The Hall–Kier alpha value is -1.55. The van der Waals surface area contributed by atoms with Crippen LogP contribution >= 0.6 is 0 Å². The van der Waals surface area contributed by atoms with Crippen LogP contribution in [0.25, 0.3) is 0 Å². The molecule has 0 bridgehead atoms. The van der Waals surface area contributed by atoms with Crippen molar-refractivity contribution in [1.82, 2.24) is 10.2 Å². The van der Waals surface area contributed by atoms with E-state index in [2.05, 4.69) is 17.1 Å². The number of nitrogens with zero attached hydrogens (tertiary/aromatic N) is 1. The number of methoxy groups -OCH3 is 1. The minimum absolute atomic E-state index is 0.0263. The van der Waals surface area contributed by atoms with Crippen molar-refractivity contribution in [1.29, 1.82) is 0 Å². The monoisotopic (exact) mass is 276 g/mol. The average Bonchev–Trinajstić information content (AvgIpc) is 3.02. The second-order valence-electron chi connectivity index (χ2n) is 5.25. The fourth-order valence-corrected chi connectivity index (χ4v) is 2.72. The van der Waals surface area contributed by atoms with Crippen LogP contribution in [0.3, 0.4) is 0 Å². The topological polar surface area (TPSA) is 41.6 Å². The van der Waals surface area contributed by atoms with Gasteiger partial charge in [-0.3, -0.25) is 9.69 Å². The van der Waals surface area contributed by atoms with Gasteiger partial charge in [0, 0.05) is 18.2 Å². The Bertz CT molecular complexity index is 442. The van der Waals surface area contributed by atoms with E-state index in [0.29, 0.717) is 23.9 Å². The van der Waals surface area contributed by atoms with E-state index in [9.17, 15) is 4.79 Å². The highest BCUT2D eigenvalue weighted by Gasteiger charge is 2.20. The van der Waals surface area contributed by atoms with Crippen molar-refractivity contribution < 1.29 is 9.53 Å². The van der Waals surface area contributed by atoms with Crippen molar-refractivity contribution in [3.63, 3.8) is 0 Å². The molecule has 0 aromatic heterocycles. The summed E-state index contributed by atoms with van der Waals surface area (Å²) in [6.45, 7) is 5.22. The summed E-state index contributed by atoms with van der Waals surface area (Å²) in [6, 6.07) is 7.72. The first-order valence-electron chi connectivity index (χ1n) is 7.41. The number of carbonyl (C=O) groups is 1. The van der Waals surface area contributed by atoms with Gasteiger partial charge in [0.25, 0.3) is 5.91 Å². The van der Waals surface area contributed by atoms with Gasteiger partial charge in [0.15, 0.2) is 0 Å². The number of ether oxygens (including phenoxy) is 1. The van der Waals surface area contributed by atoms with Gasteiger partial charge in [-0.05, 0) is 50.6 Å². The number of rotatable bonds is 6. The first-order valence-corrected chi connectivity index (χ1v) is 7.41. The van der Waals surface area contributed by atoms with Gasteiger partial charge in [-0.15, -0.1) is 0 Å². The zero-order chi connectivity index (χ0) is 14.4. The molecular weight excluding hydrogens is 252 g/mol. The molecule has 0 aliphatic carbocycles. The van der Waals surface area contributed by atoms with Crippen molar-refractivity contribution in [3.05, 3.63) is 29.8 Å². The molecule has 1 aromatic carbocycles. The third kappa shape index (κ3) is 3.73. The predicted molar refractivity (Wildman–Crippen MR) is 80.2 cm³/mol. The van der Waals surface area contributed by atoms with Gasteiger partial charge >= 0.3 is 0 Å². The molecule has 0 spiro atoms. The van der Waals surface area contributed by atoms with Crippen LogP contribution in [0.4, 0.5) is 0 Å². The van der Waals surface area contributed by atoms with Crippen molar-refractivity contribution in [2.45, 2.75) is 32.2 Å². The van der Waals surface area contributed by atoms with Crippen LogP contribution in [0.15, 0.2) is 24.3 Å². The van der Waals surface area contributed by atoms with Crippen LogP contribution in [0.2, 0.25) is 0 Å². The average molecular weight is 276 g/mol. The van der Waals surface area contributed by atoms with Crippen LogP contribution in [0, 0.1) is 0 Å². The lowest BCUT2D eigenvalue weighted by atomic mass is 10.1. The molecule has 1 N–H and O–H groups in total. The van der Waals surface area contributed by atoms with Crippen LogP contribution in [-0.4, -0.2) is 43.6 Å². The van der Waals surface area contributed by atoms with Gasteiger partial charge in [0.2, 0.25) is 0 Å². The molecule has 1 aliphatic heterocycles. The number of hydrogen-bond donors (Lipinski definition) is 1. The predicted octanol–water partition coefficient (Wildman–Crippen LogP) is 2.30. The molecule has 110 valence electrons. The number of benzene rings is 1. The standard InChI is InChI=1S/C16H24N2O2/c1-3-14(18-9-4-5-10-18)12-17-16(19)13-7-6-8-15(11-13)20-2/h6-8,11,14H,3-5,9-10,12H2,1-2H3,(H,17,19)/t14-/m1/s1. The lowest BCUT2D eigenvalue weighted by molar-refractivity contribution is 0.0936. The third-order valence-electron chi connectivity index (χ3n) is 3.96. The Morgan fingerprint density at radius 2 is 2.15 bits per heavy atom. The molecule has 1 saturated heterocycles. The summed E-state index contributed by atoms with van der Waals surface area (Å²) in [5.74, 6) is 0.686. The van der Waals surface area contributed by atoms with Gasteiger partial charge in [-0.2, -0.15) is 0 Å². The van der Waals surface area contributed by atoms with Crippen molar-refractivity contribution in [3.8, 4) is 5.75 Å². The van der Waals surface area contributed by atoms with Gasteiger partial charge in [0.1, 0.15) is 5.75 Å². The maximum Gasteiger partial charge on any atom is 0.251 e. The third-order valence-corrected chi connectivity index (χ3v) is 3.96. The molecule has 0 radical (unpaired) electrons. The van der Waals surface area contributed by atoms with Gasteiger partial charge in [-0.25, -0.2) is 0 Å². The second-order valence-corrected chi connectivity index (χ2v) is 5.25. The highest BCUT2D eigenvalue weighted by Crippen LogP contribution is 2.15.